The van der Waals surface area contributed by atoms with Crippen LogP contribution >= 0.6 is 0 Å². The zero-order valence-corrected chi connectivity index (χ0v) is 17.4. The van der Waals surface area contributed by atoms with E-state index in [1.165, 1.54) is 44.1 Å². The number of rotatable bonds is 7. The van der Waals surface area contributed by atoms with Crippen molar-refractivity contribution in [2.24, 2.45) is 10.9 Å². The molecule has 0 bridgehead atoms. The molecule has 1 heterocycles. The summed E-state index contributed by atoms with van der Waals surface area (Å²) in [5.41, 5.74) is 3.09. The summed E-state index contributed by atoms with van der Waals surface area (Å²) in [4.78, 5) is 4.62. The van der Waals surface area contributed by atoms with Crippen LogP contribution in [0.25, 0.3) is 0 Å². The molecule has 1 aromatic rings. The van der Waals surface area contributed by atoms with Gasteiger partial charge in [0.15, 0.2) is 0 Å². The first-order valence-corrected chi connectivity index (χ1v) is 11.2. The maximum absolute atomic E-state index is 4.62. The number of hydrogen-bond acceptors (Lipinski definition) is 2. The topological polar surface area (TPSA) is 24.4 Å². The Bertz CT molecular complexity index is 674. The van der Waals surface area contributed by atoms with Crippen LogP contribution in [0.3, 0.4) is 0 Å². The summed E-state index contributed by atoms with van der Waals surface area (Å²) in [6.07, 6.45) is 23.1. The lowest BCUT2D eigenvalue weighted by molar-refractivity contribution is 0.345. The quantitative estimate of drug-likeness (QED) is 0.534. The lowest BCUT2D eigenvalue weighted by Crippen LogP contribution is -2.36. The second-order valence-corrected chi connectivity index (χ2v) is 8.16. The van der Waals surface area contributed by atoms with E-state index in [9.17, 15) is 0 Å². The number of nitrogens with zero attached hydrogens (tertiary/aromatic N) is 1. The summed E-state index contributed by atoms with van der Waals surface area (Å²) in [5, 5.41) is 4.02. The summed E-state index contributed by atoms with van der Waals surface area (Å²) >= 11 is 0. The van der Waals surface area contributed by atoms with E-state index in [1.807, 2.05) is 0 Å². The van der Waals surface area contributed by atoms with Crippen molar-refractivity contribution >= 4 is 6.21 Å². The van der Waals surface area contributed by atoms with Crippen LogP contribution in [0, 0.1) is 5.92 Å². The second-order valence-electron chi connectivity index (χ2n) is 8.16. The van der Waals surface area contributed by atoms with Crippen molar-refractivity contribution in [2.75, 3.05) is 6.54 Å². The standard InChI is InChI=1S/C26H36N2/c1-2-3-11-22-15-17-25(18-16-22)28-26(24-13-8-6-9-14-24)20-23-12-7-4-5-10-19-27-21-23/h4-11,13-14,21,23,25-26,28H,2-3,12,15-20H2,1H3. The number of nitrogens with one attached hydrogen (secondary N) is 1. The Kier molecular flexibility index (Phi) is 8.77. The van der Waals surface area contributed by atoms with Gasteiger partial charge in [-0.1, -0.05) is 79.6 Å². The van der Waals surface area contributed by atoms with Crippen molar-refractivity contribution in [3.05, 3.63) is 71.8 Å². The third-order valence-corrected chi connectivity index (χ3v) is 5.88. The van der Waals surface area contributed by atoms with Crippen molar-refractivity contribution in [1.82, 2.24) is 5.32 Å². The summed E-state index contributed by atoms with van der Waals surface area (Å²) in [5.74, 6) is 0.484. The molecule has 1 saturated carbocycles. The molecular weight excluding hydrogens is 340 g/mol. The number of allylic oxidation sites excluding steroid dienone is 5. The van der Waals surface area contributed by atoms with E-state index in [4.69, 9.17) is 0 Å². The average Bonchev–Trinajstić information content (AvgIpc) is 2.87. The van der Waals surface area contributed by atoms with E-state index in [2.05, 4.69) is 84.2 Å². The van der Waals surface area contributed by atoms with E-state index >= 15 is 0 Å². The van der Waals surface area contributed by atoms with E-state index in [-0.39, 0.29) is 0 Å². The van der Waals surface area contributed by atoms with Gasteiger partial charge in [0.25, 0.3) is 0 Å². The van der Waals surface area contributed by atoms with Crippen LogP contribution < -0.4 is 5.32 Å². The second kappa shape index (κ2) is 11.8. The zero-order valence-electron chi connectivity index (χ0n) is 17.4. The molecule has 2 heteroatoms. The minimum atomic E-state index is 0.394. The summed E-state index contributed by atoms with van der Waals surface area (Å²) in [7, 11) is 0. The minimum Gasteiger partial charge on any atom is -0.307 e. The lowest BCUT2D eigenvalue weighted by atomic mass is 9.87. The third-order valence-electron chi connectivity index (χ3n) is 5.88. The molecule has 0 saturated heterocycles. The van der Waals surface area contributed by atoms with Gasteiger partial charge in [0.05, 0.1) is 6.54 Å². The van der Waals surface area contributed by atoms with Gasteiger partial charge in [-0.3, -0.25) is 4.99 Å². The molecule has 150 valence electrons. The lowest BCUT2D eigenvalue weighted by Gasteiger charge is -2.31. The molecule has 0 amide bonds. The molecule has 2 atom stereocenters. The van der Waals surface area contributed by atoms with Crippen LogP contribution in [0.5, 0.6) is 0 Å². The largest absolute Gasteiger partial charge is 0.307 e. The summed E-state index contributed by atoms with van der Waals surface area (Å²) < 4.78 is 0. The number of benzene rings is 1. The Balaban J connectivity index is 1.64. The van der Waals surface area contributed by atoms with E-state index in [0.717, 1.165) is 19.4 Å². The van der Waals surface area contributed by atoms with Crippen LogP contribution in [0.4, 0.5) is 0 Å². The molecule has 3 rings (SSSR count). The van der Waals surface area contributed by atoms with Gasteiger partial charge < -0.3 is 5.32 Å². The molecular formula is C26H36N2. The predicted octanol–water partition coefficient (Wildman–Crippen LogP) is 6.58. The summed E-state index contributed by atoms with van der Waals surface area (Å²) in [6.45, 7) is 3.06. The Hall–Kier alpha value is -1.93. The van der Waals surface area contributed by atoms with Crippen LogP contribution in [0.1, 0.15) is 69.9 Å². The van der Waals surface area contributed by atoms with E-state index in [1.54, 1.807) is 5.57 Å². The zero-order chi connectivity index (χ0) is 19.4. The van der Waals surface area contributed by atoms with Gasteiger partial charge in [0.1, 0.15) is 0 Å². The molecule has 0 aromatic heterocycles. The van der Waals surface area contributed by atoms with Crippen molar-refractivity contribution in [2.45, 2.75) is 70.4 Å². The minimum absolute atomic E-state index is 0.394. The number of hydrogen-bond donors (Lipinski definition) is 1. The highest BCUT2D eigenvalue weighted by Crippen LogP contribution is 2.29. The molecule has 2 nitrogen and oxygen atoms in total. The SMILES string of the molecule is CCCC=C1CCC(NC(CC2C=NCC=CC=CC2)c2ccccc2)CC1. The highest BCUT2D eigenvalue weighted by atomic mass is 15.0. The van der Waals surface area contributed by atoms with Gasteiger partial charge in [-0.25, -0.2) is 0 Å². The van der Waals surface area contributed by atoms with Gasteiger partial charge in [0, 0.05) is 18.3 Å². The first-order chi connectivity index (χ1) is 13.8. The number of unbranched alkanes of at least 4 members (excludes halogenated alkanes) is 1. The molecule has 1 aromatic carbocycles. The maximum Gasteiger partial charge on any atom is 0.0569 e. The Labute approximate surface area is 171 Å². The highest BCUT2D eigenvalue weighted by molar-refractivity contribution is 5.61. The molecule has 1 aliphatic heterocycles. The first-order valence-electron chi connectivity index (χ1n) is 11.2. The van der Waals surface area contributed by atoms with Gasteiger partial charge in [-0.2, -0.15) is 0 Å². The van der Waals surface area contributed by atoms with Crippen LogP contribution in [-0.4, -0.2) is 18.8 Å². The van der Waals surface area contributed by atoms with Crippen LogP contribution in [0.2, 0.25) is 0 Å². The van der Waals surface area contributed by atoms with Crippen molar-refractivity contribution in [3.63, 3.8) is 0 Å². The Morgan fingerprint density at radius 2 is 1.89 bits per heavy atom. The molecule has 0 spiro atoms. The molecule has 0 radical (unpaired) electrons. The van der Waals surface area contributed by atoms with Crippen molar-refractivity contribution < 1.29 is 0 Å². The first kappa shape index (κ1) is 20.8. The van der Waals surface area contributed by atoms with E-state index < -0.39 is 0 Å². The fraction of sp³-hybridized carbons (Fsp3) is 0.500. The molecule has 1 N–H and O–H groups in total. The Morgan fingerprint density at radius 1 is 1.11 bits per heavy atom. The molecule has 2 aliphatic rings. The number of aliphatic imine (C=N–C) groups is 1. The van der Waals surface area contributed by atoms with Gasteiger partial charge in [-0.15, -0.1) is 0 Å². The normalized spacial score (nSPS) is 23.7. The van der Waals surface area contributed by atoms with E-state index in [0.29, 0.717) is 18.0 Å². The molecule has 28 heavy (non-hydrogen) atoms. The molecule has 1 fully saturated rings. The highest BCUT2D eigenvalue weighted by Gasteiger charge is 2.22. The fourth-order valence-corrected chi connectivity index (χ4v) is 4.24. The van der Waals surface area contributed by atoms with Gasteiger partial charge in [-0.05, 0) is 56.4 Å². The maximum atomic E-state index is 4.62. The monoisotopic (exact) mass is 376 g/mol. The van der Waals surface area contributed by atoms with Crippen molar-refractivity contribution in [3.8, 4) is 0 Å². The smallest absolute Gasteiger partial charge is 0.0569 e. The fourth-order valence-electron chi connectivity index (χ4n) is 4.24. The van der Waals surface area contributed by atoms with Crippen molar-refractivity contribution in [1.29, 1.82) is 0 Å². The predicted molar refractivity (Wildman–Crippen MR) is 122 cm³/mol. The van der Waals surface area contributed by atoms with Gasteiger partial charge >= 0.3 is 0 Å². The van der Waals surface area contributed by atoms with Gasteiger partial charge in [0.2, 0.25) is 0 Å². The average molecular weight is 377 g/mol. The third kappa shape index (κ3) is 6.91. The molecule has 1 aliphatic carbocycles. The molecule has 2 unspecified atom stereocenters. The van der Waals surface area contributed by atoms with Crippen LogP contribution in [-0.2, 0) is 0 Å². The Morgan fingerprint density at radius 3 is 2.68 bits per heavy atom. The summed E-state index contributed by atoms with van der Waals surface area (Å²) in [6, 6.07) is 12.0. The van der Waals surface area contributed by atoms with Crippen LogP contribution in [0.15, 0.2) is 71.3 Å².